The third kappa shape index (κ3) is 5.49. The molecule has 1 aromatic heterocycles. The van der Waals surface area contributed by atoms with Crippen LogP contribution >= 0.6 is 0 Å². The minimum Gasteiger partial charge on any atom is -0.439 e. The zero-order valence-electron chi connectivity index (χ0n) is 18.3. The fourth-order valence-electron chi connectivity index (χ4n) is 3.74. The lowest BCUT2D eigenvalue weighted by Gasteiger charge is -2.31. The Bertz CT molecular complexity index is 1060. The van der Waals surface area contributed by atoms with E-state index in [-0.39, 0.29) is 23.3 Å². The number of anilines is 1. The van der Waals surface area contributed by atoms with E-state index < -0.39 is 0 Å². The second-order valence-corrected chi connectivity index (χ2v) is 8.04. The van der Waals surface area contributed by atoms with Crippen molar-refractivity contribution in [2.24, 2.45) is 0 Å². The summed E-state index contributed by atoms with van der Waals surface area (Å²) in [4.78, 5) is 21.3. The Labute approximate surface area is 187 Å². The van der Waals surface area contributed by atoms with E-state index in [4.69, 9.17) is 4.74 Å². The molecule has 1 N–H and O–H groups in total. The van der Waals surface area contributed by atoms with E-state index >= 15 is 0 Å². The Morgan fingerprint density at radius 1 is 1.16 bits per heavy atom. The highest BCUT2D eigenvalue weighted by molar-refractivity contribution is 6.04. The van der Waals surface area contributed by atoms with Crippen LogP contribution in [0, 0.1) is 5.82 Å². The largest absolute Gasteiger partial charge is 0.439 e. The third-order valence-corrected chi connectivity index (χ3v) is 5.47. The average Bonchev–Trinajstić information content (AvgIpc) is 2.80. The van der Waals surface area contributed by atoms with Crippen LogP contribution in [-0.2, 0) is 6.54 Å². The van der Waals surface area contributed by atoms with Crippen molar-refractivity contribution in [3.05, 3.63) is 83.8 Å². The molecule has 1 atom stereocenters. The van der Waals surface area contributed by atoms with Crippen molar-refractivity contribution in [3.63, 3.8) is 0 Å². The highest BCUT2D eigenvalue weighted by atomic mass is 19.1. The van der Waals surface area contributed by atoms with E-state index in [1.165, 1.54) is 29.8 Å². The van der Waals surface area contributed by atoms with Gasteiger partial charge in [-0.2, -0.15) is 0 Å². The normalized spacial score (nSPS) is 16.5. The molecule has 7 heteroatoms. The molecule has 0 bridgehead atoms. The predicted octanol–water partition coefficient (Wildman–Crippen LogP) is 4.08. The highest BCUT2D eigenvalue weighted by Crippen LogP contribution is 2.22. The van der Waals surface area contributed by atoms with Crippen LogP contribution in [0.25, 0.3) is 0 Å². The summed E-state index contributed by atoms with van der Waals surface area (Å²) in [6.07, 6.45) is 0. The van der Waals surface area contributed by atoms with Crippen LogP contribution in [0.15, 0.2) is 66.7 Å². The summed E-state index contributed by atoms with van der Waals surface area (Å²) in [5.41, 5.74) is 2.28. The maximum absolute atomic E-state index is 13.1. The molecular formula is C25H27FN4O2. The van der Waals surface area contributed by atoms with Crippen LogP contribution in [0.3, 0.4) is 0 Å². The van der Waals surface area contributed by atoms with Crippen molar-refractivity contribution in [1.29, 1.82) is 0 Å². The SMILES string of the molecule is C[C@H]1CN(Cc2ccc(N(C)C(=O)c3cccc(Oc4ccc(F)cc4)n3)cc2)CCN1. The Balaban J connectivity index is 1.41. The third-order valence-electron chi connectivity index (χ3n) is 5.47. The number of hydrogen-bond donors (Lipinski definition) is 1. The van der Waals surface area contributed by atoms with E-state index in [9.17, 15) is 9.18 Å². The molecule has 32 heavy (non-hydrogen) atoms. The molecule has 4 rings (SSSR count). The molecule has 1 amide bonds. The monoisotopic (exact) mass is 434 g/mol. The van der Waals surface area contributed by atoms with E-state index in [1.54, 1.807) is 30.1 Å². The zero-order chi connectivity index (χ0) is 22.5. The van der Waals surface area contributed by atoms with Crippen LogP contribution in [0.5, 0.6) is 11.6 Å². The van der Waals surface area contributed by atoms with Crippen molar-refractivity contribution in [2.45, 2.75) is 19.5 Å². The van der Waals surface area contributed by atoms with Gasteiger partial charge in [0.05, 0.1) is 0 Å². The number of carbonyl (C=O) groups is 1. The first-order chi connectivity index (χ1) is 15.5. The lowest BCUT2D eigenvalue weighted by Crippen LogP contribution is -2.48. The van der Waals surface area contributed by atoms with E-state index in [2.05, 4.69) is 34.3 Å². The number of halogens is 1. The molecule has 0 spiro atoms. The molecule has 166 valence electrons. The number of nitrogens with one attached hydrogen (secondary N) is 1. The number of amides is 1. The topological polar surface area (TPSA) is 57.7 Å². The molecular weight excluding hydrogens is 407 g/mol. The number of carbonyl (C=O) groups excluding carboxylic acids is 1. The minimum absolute atomic E-state index is 0.238. The van der Waals surface area contributed by atoms with Crippen LogP contribution < -0.4 is 15.0 Å². The van der Waals surface area contributed by atoms with Gasteiger partial charge in [0, 0.05) is 51.0 Å². The van der Waals surface area contributed by atoms with Crippen molar-refractivity contribution in [2.75, 3.05) is 31.6 Å². The van der Waals surface area contributed by atoms with E-state index in [1.807, 2.05) is 12.1 Å². The summed E-state index contributed by atoms with van der Waals surface area (Å²) in [7, 11) is 1.73. The fourth-order valence-corrected chi connectivity index (χ4v) is 3.74. The smallest absolute Gasteiger partial charge is 0.276 e. The van der Waals surface area contributed by atoms with Crippen molar-refractivity contribution >= 4 is 11.6 Å². The van der Waals surface area contributed by atoms with Gasteiger partial charge in [0.1, 0.15) is 17.3 Å². The summed E-state index contributed by atoms with van der Waals surface area (Å²) in [5.74, 6) is 0.144. The van der Waals surface area contributed by atoms with Crippen LogP contribution in [0.2, 0.25) is 0 Å². The molecule has 1 aliphatic rings. The summed E-state index contributed by atoms with van der Waals surface area (Å²) >= 11 is 0. The van der Waals surface area contributed by atoms with Crippen molar-refractivity contribution < 1.29 is 13.9 Å². The minimum atomic E-state index is -0.343. The Morgan fingerprint density at radius 2 is 1.91 bits per heavy atom. The molecule has 3 aromatic rings. The van der Waals surface area contributed by atoms with E-state index in [0.717, 1.165) is 31.9 Å². The van der Waals surface area contributed by atoms with Gasteiger partial charge in [-0.05, 0) is 55.0 Å². The predicted molar refractivity (Wildman–Crippen MR) is 123 cm³/mol. The number of hydrogen-bond acceptors (Lipinski definition) is 5. The fraction of sp³-hybridized carbons (Fsp3) is 0.280. The molecule has 2 aromatic carbocycles. The van der Waals surface area contributed by atoms with Gasteiger partial charge in [-0.25, -0.2) is 9.37 Å². The van der Waals surface area contributed by atoms with Crippen molar-refractivity contribution in [1.82, 2.24) is 15.2 Å². The second-order valence-electron chi connectivity index (χ2n) is 8.04. The molecule has 0 saturated carbocycles. The number of pyridine rings is 1. The van der Waals surface area contributed by atoms with Gasteiger partial charge in [-0.15, -0.1) is 0 Å². The van der Waals surface area contributed by atoms with Gasteiger partial charge < -0.3 is 15.0 Å². The zero-order valence-corrected chi connectivity index (χ0v) is 18.3. The Kier molecular flexibility index (Phi) is 6.78. The van der Waals surface area contributed by atoms with Gasteiger partial charge in [0.2, 0.25) is 5.88 Å². The summed E-state index contributed by atoms with van der Waals surface area (Å²) in [6.45, 7) is 6.17. The lowest BCUT2D eigenvalue weighted by molar-refractivity contribution is 0.0987. The first-order valence-electron chi connectivity index (χ1n) is 10.7. The van der Waals surface area contributed by atoms with Gasteiger partial charge in [0.25, 0.3) is 5.91 Å². The van der Waals surface area contributed by atoms with Crippen LogP contribution in [-0.4, -0.2) is 48.5 Å². The number of benzene rings is 2. The Hall–Kier alpha value is -3.29. The maximum Gasteiger partial charge on any atom is 0.276 e. The number of ether oxygens (including phenoxy) is 1. The summed E-state index contributed by atoms with van der Waals surface area (Å²) in [6, 6.07) is 19.2. The molecule has 1 aliphatic heterocycles. The summed E-state index contributed by atoms with van der Waals surface area (Å²) in [5, 5.41) is 3.45. The highest BCUT2D eigenvalue weighted by Gasteiger charge is 2.18. The molecule has 1 saturated heterocycles. The Morgan fingerprint density at radius 3 is 2.62 bits per heavy atom. The van der Waals surface area contributed by atoms with Gasteiger partial charge in [-0.1, -0.05) is 18.2 Å². The molecule has 6 nitrogen and oxygen atoms in total. The average molecular weight is 435 g/mol. The van der Waals surface area contributed by atoms with Crippen molar-refractivity contribution in [3.8, 4) is 11.6 Å². The number of piperazine rings is 1. The number of rotatable bonds is 6. The first kappa shape index (κ1) is 21.9. The molecule has 0 unspecified atom stereocenters. The number of nitrogens with zero attached hydrogens (tertiary/aromatic N) is 3. The van der Waals surface area contributed by atoms with Gasteiger partial charge in [-0.3, -0.25) is 9.69 Å². The van der Waals surface area contributed by atoms with Crippen LogP contribution in [0.4, 0.5) is 10.1 Å². The second kappa shape index (κ2) is 9.89. The van der Waals surface area contributed by atoms with Gasteiger partial charge in [0.15, 0.2) is 0 Å². The molecule has 0 aliphatic carbocycles. The van der Waals surface area contributed by atoms with E-state index in [0.29, 0.717) is 11.8 Å². The van der Waals surface area contributed by atoms with Crippen LogP contribution in [0.1, 0.15) is 23.0 Å². The maximum atomic E-state index is 13.1. The quantitative estimate of drug-likeness (QED) is 0.634. The molecule has 0 radical (unpaired) electrons. The lowest BCUT2D eigenvalue weighted by atomic mass is 10.1. The number of aromatic nitrogens is 1. The molecule has 2 heterocycles. The first-order valence-corrected chi connectivity index (χ1v) is 10.7. The summed E-state index contributed by atoms with van der Waals surface area (Å²) < 4.78 is 18.7. The molecule has 1 fully saturated rings. The van der Waals surface area contributed by atoms with Gasteiger partial charge >= 0.3 is 0 Å². The standard InChI is InChI=1S/C25H27FN4O2/c1-18-16-30(15-14-27-18)17-19-6-10-21(11-7-19)29(2)25(31)23-4-3-5-24(28-23)32-22-12-8-20(26)9-13-22/h3-13,18,27H,14-17H2,1-2H3/t18-/m0/s1.